The Kier molecular flexibility index (Phi) is 5.77. The van der Waals surface area contributed by atoms with E-state index in [1.807, 2.05) is 12.1 Å². The molecular formula is C13H17BrClF. The van der Waals surface area contributed by atoms with E-state index in [4.69, 9.17) is 11.6 Å². The van der Waals surface area contributed by atoms with E-state index in [1.165, 1.54) is 6.07 Å². The summed E-state index contributed by atoms with van der Waals surface area (Å²) < 4.78 is 13.5. The number of hydrogen-bond donors (Lipinski definition) is 0. The SMILES string of the molecule is CC(C)C(Cl)CCCc1ccc(F)c(Br)c1. The van der Waals surface area contributed by atoms with Crippen LogP contribution in [0.15, 0.2) is 22.7 Å². The van der Waals surface area contributed by atoms with Gasteiger partial charge in [0.25, 0.3) is 0 Å². The molecule has 1 aromatic rings. The molecule has 1 aromatic carbocycles. The van der Waals surface area contributed by atoms with E-state index in [9.17, 15) is 4.39 Å². The molecule has 1 unspecified atom stereocenters. The molecule has 1 atom stereocenters. The maximum atomic E-state index is 13.0. The van der Waals surface area contributed by atoms with Gasteiger partial charge in [-0.2, -0.15) is 0 Å². The average molecular weight is 308 g/mol. The van der Waals surface area contributed by atoms with Crippen LogP contribution in [0.1, 0.15) is 32.3 Å². The molecule has 90 valence electrons. The van der Waals surface area contributed by atoms with E-state index in [2.05, 4.69) is 29.8 Å². The van der Waals surface area contributed by atoms with E-state index in [0.717, 1.165) is 24.8 Å². The molecule has 0 aliphatic carbocycles. The zero-order valence-corrected chi connectivity index (χ0v) is 12.0. The van der Waals surface area contributed by atoms with Crippen molar-refractivity contribution >= 4 is 27.5 Å². The first-order valence-corrected chi connectivity index (χ1v) is 6.81. The van der Waals surface area contributed by atoms with Crippen LogP contribution in [0.3, 0.4) is 0 Å². The Morgan fingerprint density at radius 1 is 1.38 bits per heavy atom. The molecule has 0 aliphatic heterocycles. The van der Waals surface area contributed by atoms with Gasteiger partial charge in [-0.15, -0.1) is 11.6 Å². The van der Waals surface area contributed by atoms with Crippen LogP contribution in [0.5, 0.6) is 0 Å². The molecule has 16 heavy (non-hydrogen) atoms. The van der Waals surface area contributed by atoms with Crippen LogP contribution in [-0.2, 0) is 6.42 Å². The van der Waals surface area contributed by atoms with E-state index < -0.39 is 0 Å². The largest absolute Gasteiger partial charge is 0.206 e. The fourth-order valence-corrected chi connectivity index (χ4v) is 2.11. The zero-order valence-electron chi connectivity index (χ0n) is 9.64. The first-order valence-electron chi connectivity index (χ1n) is 5.58. The van der Waals surface area contributed by atoms with Crippen molar-refractivity contribution in [3.63, 3.8) is 0 Å². The molecule has 0 fully saturated rings. The van der Waals surface area contributed by atoms with Gasteiger partial charge in [0.1, 0.15) is 5.82 Å². The summed E-state index contributed by atoms with van der Waals surface area (Å²) in [6.07, 6.45) is 3.01. The summed E-state index contributed by atoms with van der Waals surface area (Å²) in [5.41, 5.74) is 1.15. The van der Waals surface area contributed by atoms with Gasteiger partial charge in [-0.3, -0.25) is 0 Å². The van der Waals surface area contributed by atoms with Crippen LogP contribution in [-0.4, -0.2) is 5.38 Å². The second-order valence-electron chi connectivity index (χ2n) is 4.40. The fraction of sp³-hybridized carbons (Fsp3) is 0.538. The molecule has 1 rings (SSSR count). The Labute approximate surface area is 110 Å². The van der Waals surface area contributed by atoms with Crippen LogP contribution in [0.25, 0.3) is 0 Å². The number of alkyl halides is 1. The van der Waals surface area contributed by atoms with E-state index in [0.29, 0.717) is 10.4 Å². The van der Waals surface area contributed by atoms with Gasteiger partial charge in [0, 0.05) is 5.38 Å². The lowest BCUT2D eigenvalue weighted by molar-refractivity contribution is 0.547. The fourth-order valence-electron chi connectivity index (χ4n) is 1.53. The minimum atomic E-state index is -0.207. The summed E-state index contributed by atoms with van der Waals surface area (Å²) in [4.78, 5) is 0. The van der Waals surface area contributed by atoms with Crippen molar-refractivity contribution < 1.29 is 4.39 Å². The highest BCUT2D eigenvalue weighted by Crippen LogP contribution is 2.20. The van der Waals surface area contributed by atoms with Crippen LogP contribution < -0.4 is 0 Å². The predicted molar refractivity (Wildman–Crippen MR) is 71.5 cm³/mol. The van der Waals surface area contributed by atoms with Crippen LogP contribution in [0, 0.1) is 11.7 Å². The molecule has 0 N–H and O–H groups in total. The van der Waals surface area contributed by atoms with Crippen molar-refractivity contribution in [3.8, 4) is 0 Å². The molecule has 0 saturated heterocycles. The summed E-state index contributed by atoms with van der Waals surface area (Å²) in [5, 5.41) is 0.240. The van der Waals surface area contributed by atoms with Gasteiger partial charge >= 0.3 is 0 Å². The Morgan fingerprint density at radius 3 is 2.62 bits per heavy atom. The summed E-state index contributed by atoms with van der Waals surface area (Å²) >= 11 is 9.36. The number of hydrogen-bond acceptors (Lipinski definition) is 0. The van der Waals surface area contributed by atoms with Crippen molar-refractivity contribution in [1.82, 2.24) is 0 Å². The lowest BCUT2D eigenvalue weighted by Gasteiger charge is -2.12. The summed E-state index contributed by atoms with van der Waals surface area (Å²) in [6, 6.07) is 5.17. The lowest BCUT2D eigenvalue weighted by Crippen LogP contribution is -2.07. The lowest BCUT2D eigenvalue weighted by atomic mass is 10.0. The van der Waals surface area contributed by atoms with Crippen molar-refractivity contribution in [1.29, 1.82) is 0 Å². The predicted octanol–water partition coefficient (Wildman–Crippen LogP) is 5.17. The van der Waals surface area contributed by atoms with Gasteiger partial charge in [-0.05, 0) is 58.8 Å². The molecule has 0 saturated carbocycles. The normalized spacial score (nSPS) is 13.1. The molecule has 0 bridgehead atoms. The number of halogens is 3. The first-order chi connectivity index (χ1) is 7.50. The third-order valence-corrected chi connectivity index (χ3v) is 3.98. The van der Waals surface area contributed by atoms with E-state index in [-0.39, 0.29) is 11.2 Å². The highest BCUT2D eigenvalue weighted by Gasteiger charge is 2.09. The average Bonchev–Trinajstić information content (AvgIpc) is 2.23. The molecule has 3 heteroatoms. The molecule has 0 nitrogen and oxygen atoms in total. The molecule has 0 amide bonds. The Bertz CT molecular complexity index is 339. The maximum absolute atomic E-state index is 13.0. The molecule has 0 aliphatic rings. The molecule has 0 radical (unpaired) electrons. The van der Waals surface area contributed by atoms with Crippen molar-refractivity contribution in [3.05, 3.63) is 34.1 Å². The van der Waals surface area contributed by atoms with Gasteiger partial charge in [0.2, 0.25) is 0 Å². The quantitative estimate of drug-likeness (QED) is 0.658. The minimum Gasteiger partial charge on any atom is -0.206 e. The topological polar surface area (TPSA) is 0 Å². The van der Waals surface area contributed by atoms with Crippen molar-refractivity contribution in [2.24, 2.45) is 5.92 Å². The van der Waals surface area contributed by atoms with Crippen LogP contribution in [0.4, 0.5) is 4.39 Å². The molecule has 0 heterocycles. The van der Waals surface area contributed by atoms with Crippen molar-refractivity contribution in [2.45, 2.75) is 38.5 Å². The van der Waals surface area contributed by atoms with Gasteiger partial charge in [-0.25, -0.2) is 4.39 Å². The zero-order chi connectivity index (χ0) is 12.1. The highest BCUT2D eigenvalue weighted by atomic mass is 79.9. The third kappa shape index (κ3) is 4.42. The van der Waals surface area contributed by atoms with Gasteiger partial charge in [0.15, 0.2) is 0 Å². The Morgan fingerprint density at radius 2 is 2.06 bits per heavy atom. The molecule has 0 aromatic heterocycles. The van der Waals surface area contributed by atoms with E-state index in [1.54, 1.807) is 0 Å². The summed E-state index contributed by atoms with van der Waals surface area (Å²) in [5.74, 6) is 0.308. The van der Waals surface area contributed by atoms with Crippen LogP contribution in [0.2, 0.25) is 0 Å². The Balaban J connectivity index is 2.40. The van der Waals surface area contributed by atoms with Gasteiger partial charge in [0.05, 0.1) is 4.47 Å². The molecule has 0 spiro atoms. The summed E-state index contributed by atoms with van der Waals surface area (Å²) in [7, 11) is 0. The molecular weight excluding hydrogens is 290 g/mol. The summed E-state index contributed by atoms with van der Waals surface area (Å²) in [6.45, 7) is 4.26. The number of benzene rings is 1. The smallest absolute Gasteiger partial charge is 0.137 e. The third-order valence-electron chi connectivity index (χ3n) is 2.65. The minimum absolute atomic E-state index is 0.207. The monoisotopic (exact) mass is 306 g/mol. The van der Waals surface area contributed by atoms with Crippen molar-refractivity contribution in [2.75, 3.05) is 0 Å². The van der Waals surface area contributed by atoms with Crippen LogP contribution >= 0.6 is 27.5 Å². The van der Waals surface area contributed by atoms with Gasteiger partial charge in [-0.1, -0.05) is 19.9 Å². The van der Waals surface area contributed by atoms with E-state index >= 15 is 0 Å². The number of aryl methyl sites for hydroxylation is 1. The Hall–Kier alpha value is -0.0800. The maximum Gasteiger partial charge on any atom is 0.137 e. The first kappa shape index (κ1) is 14.0. The number of rotatable bonds is 5. The standard InChI is InChI=1S/C13H17BrClF/c1-9(2)12(15)5-3-4-10-6-7-13(16)11(14)8-10/h6-9,12H,3-5H2,1-2H3. The van der Waals surface area contributed by atoms with Gasteiger partial charge < -0.3 is 0 Å². The second kappa shape index (κ2) is 6.61. The highest BCUT2D eigenvalue weighted by molar-refractivity contribution is 9.10. The second-order valence-corrected chi connectivity index (χ2v) is 5.82.